The van der Waals surface area contributed by atoms with Gasteiger partial charge in [-0.25, -0.2) is 0 Å². The summed E-state index contributed by atoms with van der Waals surface area (Å²) in [4.78, 5) is 23.0. The van der Waals surface area contributed by atoms with E-state index in [1.54, 1.807) is 43.5 Å². The van der Waals surface area contributed by atoms with Crippen LogP contribution in [0.3, 0.4) is 0 Å². The highest BCUT2D eigenvalue weighted by Crippen LogP contribution is 2.30. The Morgan fingerprint density at radius 3 is 2.58 bits per heavy atom. The molecule has 0 unspecified atom stereocenters. The number of halogens is 2. The molecule has 0 spiro atoms. The predicted octanol–water partition coefficient (Wildman–Crippen LogP) is 6.49. The number of carbonyl (C=O) groups is 1. The molecule has 158 valence electrons. The van der Waals surface area contributed by atoms with Gasteiger partial charge in [-0.3, -0.25) is 14.9 Å². The molecule has 0 aliphatic rings. The second-order valence-electron chi connectivity index (χ2n) is 6.41. The summed E-state index contributed by atoms with van der Waals surface area (Å²) in [5.41, 5.74) is 1.27. The fraction of sp³-hybridized carbons (Fsp3) is 0.0870. The highest BCUT2D eigenvalue weighted by atomic mass is 79.9. The summed E-state index contributed by atoms with van der Waals surface area (Å²) in [5, 5.41) is 11.6. The van der Waals surface area contributed by atoms with Crippen LogP contribution in [0.25, 0.3) is 6.08 Å². The van der Waals surface area contributed by atoms with Crippen LogP contribution in [-0.2, 0) is 6.61 Å². The minimum absolute atomic E-state index is 0.0331. The number of benzene rings is 3. The smallest absolute Gasteiger partial charge is 0.280 e. The minimum Gasteiger partial charge on any atom is -0.496 e. The van der Waals surface area contributed by atoms with Crippen LogP contribution in [0.15, 0.2) is 71.2 Å². The Bertz CT molecular complexity index is 1160. The van der Waals surface area contributed by atoms with Gasteiger partial charge in [0.25, 0.3) is 5.69 Å². The molecule has 0 atom stereocenters. The number of methoxy groups -OCH3 is 1. The third kappa shape index (κ3) is 5.71. The number of carbonyl (C=O) groups excluding carboxylic acids is 1. The summed E-state index contributed by atoms with van der Waals surface area (Å²) >= 11 is 9.55. The quantitative estimate of drug-likeness (QED) is 0.152. The van der Waals surface area contributed by atoms with Crippen molar-refractivity contribution >= 4 is 45.1 Å². The van der Waals surface area contributed by atoms with Gasteiger partial charge in [-0.05, 0) is 48.0 Å². The fourth-order valence-electron chi connectivity index (χ4n) is 2.87. The maximum Gasteiger partial charge on any atom is 0.280 e. The first-order valence-corrected chi connectivity index (χ1v) is 10.3. The summed E-state index contributed by atoms with van der Waals surface area (Å²) in [6, 6.07) is 16.5. The van der Waals surface area contributed by atoms with E-state index in [0.29, 0.717) is 22.1 Å². The molecule has 0 saturated carbocycles. The van der Waals surface area contributed by atoms with Crippen molar-refractivity contribution in [3.63, 3.8) is 0 Å². The number of hydrogen-bond acceptors (Lipinski definition) is 5. The van der Waals surface area contributed by atoms with Crippen LogP contribution >= 0.6 is 27.5 Å². The van der Waals surface area contributed by atoms with E-state index >= 15 is 0 Å². The molecular formula is C23H17BrClNO5. The Kier molecular flexibility index (Phi) is 7.44. The zero-order valence-electron chi connectivity index (χ0n) is 16.4. The van der Waals surface area contributed by atoms with Crippen LogP contribution in [0.4, 0.5) is 5.69 Å². The minimum atomic E-state index is -0.572. The Hall–Kier alpha value is -3.16. The average Bonchev–Trinajstić information content (AvgIpc) is 2.76. The van der Waals surface area contributed by atoms with Crippen molar-refractivity contribution < 1.29 is 19.2 Å². The van der Waals surface area contributed by atoms with Crippen LogP contribution in [-0.4, -0.2) is 17.8 Å². The lowest BCUT2D eigenvalue weighted by molar-refractivity contribution is -0.385. The van der Waals surface area contributed by atoms with E-state index in [9.17, 15) is 14.9 Å². The second-order valence-corrected chi connectivity index (χ2v) is 7.73. The number of para-hydroxylation sites is 1. The van der Waals surface area contributed by atoms with Crippen LogP contribution in [0.1, 0.15) is 21.5 Å². The van der Waals surface area contributed by atoms with Crippen LogP contribution < -0.4 is 9.47 Å². The maximum atomic E-state index is 12.5. The number of ether oxygens (including phenoxy) is 2. The van der Waals surface area contributed by atoms with E-state index in [4.69, 9.17) is 21.1 Å². The van der Waals surface area contributed by atoms with Crippen molar-refractivity contribution in [1.29, 1.82) is 0 Å². The lowest BCUT2D eigenvalue weighted by Gasteiger charge is -2.12. The van der Waals surface area contributed by atoms with Crippen LogP contribution in [0.2, 0.25) is 5.02 Å². The standard InChI is InChI=1S/C23H17BrClNO5/c1-30-22-10-7-15(6-9-21(27)18-4-2-3-5-20(18)26(28)29)12-16(22)14-31-23-11-8-17(24)13-19(23)25/h2-13H,14H2,1H3/b9-6+. The monoisotopic (exact) mass is 501 g/mol. The first-order valence-electron chi connectivity index (χ1n) is 9.09. The third-order valence-electron chi connectivity index (χ3n) is 4.37. The van der Waals surface area contributed by atoms with E-state index in [2.05, 4.69) is 15.9 Å². The summed E-state index contributed by atoms with van der Waals surface area (Å²) < 4.78 is 12.0. The molecule has 0 aliphatic carbocycles. The van der Waals surface area contributed by atoms with Gasteiger partial charge in [-0.15, -0.1) is 0 Å². The average molecular weight is 503 g/mol. The predicted molar refractivity (Wildman–Crippen MR) is 123 cm³/mol. The van der Waals surface area contributed by atoms with E-state index < -0.39 is 10.7 Å². The van der Waals surface area contributed by atoms with Crippen LogP contribution in [0, 0.1) is 10.1 Å². The number of ketones is 1. The van der Waals surface area contributed by atoms with Gasteiger partial charge in [-0.2, -0.15) is 0 Å². The van der Waals surface area contributed by atoms with E-state index in [1.807, 2.05) is 12.1 Å². The van der Waals surface area contributed by atoms with E-state index in [-0.39, 0.29) is 17.9 Å². The zero-order chi connectivity index (χ0) is 22.4. The molecule has 0 saturated heterocycles. The molecule has 31 heavy (non-hydrogen) atoms. The topological polar surface area (TPSA) is 78.7 Å². The molecule has 0 aliphatic heterocycles. The Balaban J connectivity index is 1.80. The van der Waals surface area contributed by atoms with Crippen molar-refractivity contribution in [2.75, 3.05) is 7.11 Å². The SMILES string of the molecule is COc1ccc(/C=C/C(=O)c2ccccc2[N+](=O)[O-])cc1COc1ccc(Br)cc1Cl. The van der Waals surface area contributed by atoms with E-state index in [1.165, 1.54) is 24.3 Å². The normalized spacial score (nSPS) is 10.8. The molecular weight excluding hydrogens is 486 g/mol. The number of nitrogens with zero attached hydrogens (tertiary/aromatic N) is 1. The van der Waals surface area contributed by atoms with Gasteiger partial charge in [0.15, 0.2) is 5.78 Å². The van der Waals surface area contributed by atoms with Gasteiger partial charge in [0, 0.05) is 16.1 Å². The largest absolute Gasteiger partial charge is 0.496 e. The van der Waals surface area contributed by atoms with Gasteiger partial charge in [-0.1, -0.05) is 51.8 Å². The Morgan fingerprint density at radius 1 is 1.13 bits per heavy atom. The van der Waals surface area contributed by atoms with E-state index in [0.717, 1.165) is 10.0 Å². The number of nitro groups is 1. The number of hydrogen-bond donors (Lipinski definition) is 0. The fourth-order valence-corrected chi connectivity index (χ4v) is 3.59. The summed E-state index contributed by atoms with van der Waals surface area (Å²) in [6.45, 7) is 0.199. The lowest BCUT2D eigenvalue weighted by Crippen LogP contribution is -2.01. The summed E-state index contributed by atoms with van der Waals surface area (Å²) in [6.07, 6.45) is 2.90. The van der Waals surface area contributed by atoms with Crippen molar-refractivity contribution in [2.24, 2.45) is 0 Å². The molecule has 0 N–H and O–H groups in total. The van der Waals surface area contributed by atoms with Gasteiger partial charge >= 0.3 is 0 Å². The highest BCUT2D eigenvalue weighted by Gasteiger charge is 2.17. The lowest BCUT2D eigenvalue weighted by atomic mass is 10.1. The molecule has 0 aromatic heterocycles. The molecule has 0 heterocycles. The molecule has 0 fully saturated rings. The Morgan fingerprint density at radius 2 is 1.87 bits per heavy atom. The molecule has 3 aromatic carbocycles. The summed E-state index contributed by atoms with van der Waals surface area (Å²) in [7, 11) is 1.55. The second kappa shape index (κ2) is 10.2. The van der Waals surface area contributed by atoms with Gasteiger partial charge in [0.05, 0.1) is 22.6 Å². The van der Waals surface area contributed by atoms with Crippen LogP contribution in [0.5, 0.6) is 11.5 Å². The van der Waals surface area contributed by atoms with Gasteiger partial charge in [0.2, 0.25) is 0 Å². The van der Waals surface area contributed by atoms with Crippen molar-refractivity contribution in [3.05, 3.63) is 103 Å². The molecule has 0 bridgehead atoms. The first kappa shape index (κ1) is 22.5. The molecule has 0 radical (unpaired) electrons. The van der Waals surface area contributed by atoms with Gasteiger partial charge < -0.3 is 9.47 Å². The summed E-state index contributed by atoms with van der Waals surface area (Å²) in [5.74, 6) is 0.692. The molecule has 0 amide bonds. The first-order chi connectivity index (χ1) is 14.9. The van der Waals surface area contributed by atoms with Gasteiger partial charge in [0.1, 0.15) is 18.1 Å². The number of rotatable bonds is 8. The number of nitro benzene ring substituents is 1. The molecule has 6 nitrogen and oxygen atoms in total. The van der Waals surface area contributed by atoms with Crippen molar-refractivity contribution in [3.8, 4) is 11.5 Å². The van der Waals surface area contributed by atoms with Crippen molar-refractivity contribution in [1.82, 2.24) is 0 Å². The molecule has 8 heteroatoms. The highest BCUT2D eigenvalue weighted by molar-refractivity contribution is 9.10. The maximum absolute atomic E-state index is 12.5. The zero-order valence-corrected chi connectivity index (χ0v) is 18.7. The molecule has 3 rings (SSSR count). The number of allylic oxidation sites excluding steroid dienone is 1. The molecule has 3 aromatic rings. The Labute approximate surface area is 192 Å². The van der Waals surface area contributed by atoms with Crippen molar-refractivity contribution in [2.45, 2.75) is 6.61 Å². The third-order valence-corrected chi connectivity index (χ3v) is 5.16.